The Balaban J connectivity index is 2.02. The molecule has 0 aliphatic heterocycles. The molecule has 1 aromatic heterocycles. The highest BCUT2D eigenvalue weighted by atomic mass is 16.3. The van der Waals surface area contributed by atoms with Crippen LogP contribution in [0.25, 0.3) is 0 Å². The Morgan fingerprint density at radius 1 is 0.810 bits per heavy atom. The third-order valence-electron chi connectivity index (χ3n) is 3.80. The fourth-order valence-corrected chi connectivity index (χ4v) is 2.54. The third kappa shape index (κ3) is 7.58. The van der Waals surface area contributed by atoms with E-state index in [1.807, 2.05) is 0 Å². The first-order valence-electron chi connectivity index (χ1n) is 8.46. The number of hydrogen-bond donors (Lipinski definition) is 2. The van der Waals surface area contributed by atoms with E-state index in [1.165, 1.54) is 57.8 Å². The first kappa shape index (κ1) is 18.1. The molecular formula is C16H31N3O2. The van der Waals surface area contributed by atoms with Crippen LogP contribution in [-0.4, -0.2) is 25.0 Å². The SMILES string of the molecule is CCCCCCCCCCCCn1nc(CO)nc1CO. The summed E-state index contributed by atoms with van der Waals surface area (Å²) in [6.07, 6.45) is 13.0. The highest BCUT2D eigenvalue weighted by molar-refractivity contribution is 4.90. The highest BCUT2D eigenvalue weighted by Gasteiger charge is 2.07. The lowest BCUT2D eigenvalue weighted by molar-refractivity contribution is 0.261. The van der Waals surface area contributed by atoms with E-state index in [1.54, 1.807) is 4.68 Å². The maximum Gasteiger partial charge on any atom is 0.176 e. The maximum absolute atomic E-state index is 9.18. The molecule has 0 aliphatic carbocycles. The second-order valence-electron chi connectivity index (χ2n) is 5.67. The van der Waals surface area contributed by atoms with Crippen LogP contribution >= 0.6 is 0 Å². The zero-order valence-electron chi connectivity index (χ0n) is 13.4. The summed E-state index contributed by atoms with van der Waals surface area (Å²) in [6, 6.07) is 0. The third-order valence-corrected chi connectivity index (χ3v) is 3.80. The summed E-state index contributed by atoms with van der Waals surface area (Å²) in [6.45, 7) is 2.74. The second kappa shape index (κ2) is 11.7. The van der Waals surface area contributed by atoms with Gasteiger partial charge in [0, 0.05) is 6.54 Å². The minimum absolute atomic E-state index is 0.120. The number of unbranched alkanes of at least 4 members (excludes halogenated alkanes) is 9. The Morgan fingerprint density at radius 3 is 1.90 bits per heavy atom. The van der Waals surface area contributed by atoms with Crippen molar-refractivity contribution in [2.75, 3.05) is 0 Å². The van der Waals surface area contributed by atoms with Crippen molar-refractivity contribution in [2.45, 2.75) is 90.9 Å². The number of nitrogens with zero attached hydrogens (tertiary/aromatic N) is 3. The molecule has 1 aromatic rings. The van der Waals surface area contributed by atoms with Gasteiger partial charge in [-0.05, 0) is 6.42 Å². The lowest BCUT2D eigenvalue weighted by atomic mass is 10.1. The van der Waals surface area contributed by atoms with E-state index in [9.17, 15) is 5.11 Å². The molecule has 0 saturated carbocycles. The number of aryl methyl sites for hydroxylation is 1. The zero-order valence-corrected chi connectivity index (χ0v) is 13.4. The molecule has 21 heavy (non-hydrogen) atoms. The Bertz CT molecular complexity index is 366. The maximum atomic E-state index is 9.18. The molecule has 122 valence electrons. The van der Waals surface area contributed by atoms with E-state index in [0.29, 0.717) is 11.6 Å². The van der Waals surface area contributed by atoms with E-state index >= 15 is 0 Å². The predicted octanol–water partition coefficient (Wildman–Crippen LogP) is 3.18. The standard InChI is InChI=1S/C16H31N3O2/c1-2-3-4-5-6-7-8-9-10-11-12-19-16(14-21)17-15(13-20)18-19/h20-21H,2-14H2,1H3. The van der Waals surface area contributed by atoms with Gasteiger partial charge < -0.3 is 10.2 Å². The molecule has 0 amide bonds. The zero-order chi connectivity index (χ0) is 15.3. The number of aromatic nitrogens is 3. The van der Waals surface area contributed by atoms with Gasteiger partial charge in [-0.15, -0.1) is 0 Å². The molecular weight excluding hydrogens is 266 g/mol. The van der Waals surface area contributed by atoms with Crippen LogP contribution in [0, 0.1) is 0 Å². The minimum atomic E-state index is -0.169. The van der Waals surface area contributed by atoms with E-state index in [2.05, 4.69) is 17.0 Å². The van der Waals surface area contributed by atoms with Crippen molar-refractivity contribution in [3.8, 4) is 0 Å². The molecule has 0 radical (unpaired) electrons. The van der Waals surface area contributed by atoms with Gasteiger partial charge in [-0.2, -0.15) is 5.10 Å². The molecule has 0 bridgehead atoms. The van der Waals surface area contributed by atoms with Crippen LogP contribution in [0.3, 0.4) is 0 Å². The molecule has 0 aliphatic rings. The van der Waals surface area contributed by atoms with Crippen molar-refractivity contribution in [3.05, 3.63) is 11.6 Å². The summed E-state index contributed by atoms with van der Waals surface area (Å²) in [5, 5.41) is 22.4. The predicted molar refractivity (Wildman–Crippen MR) is 83.7 cm³/mol. The fraction of sp³-hybridized carbons (Fsp3) is 0.875. The fourth-order valence-electron chi connectivity index (χ4n) is 2.54. The van der Waals surface area contributed by atoms with Gasteiger partial charge in [0.25, 0.3) is 0 Å². The van der Waals surface area contributed by atoms with Crippen LogP contribution in [0.2, 0.25) is 0 Å². The summed E-state index contributed by atoms with van der Waals surface area (Å²) in [7, 11) is 0. The Hall–Kier alpha value is -0.940. The molecule has 1 rings (SSSR count). The van der Waals surface area contributed by atoms with Crippen molar-refractivity contribution >= 4 is 0 Å². The molecule has 5 nitrogen and oxygen atoms in total. The molecule has 5 heteroatoms. The summed E-state index contributed by atoms with van der Waals surface area (Å²) in [4.78, 5) is 4.06. The van der Waals surface area contributed by atoms with Crippen molar-refractivity contribution < 1.29 is 10.2 Å². The smallest absolute Gasteiger partial charge is 0.176 e. The summed E-state index contributed by atoms with van der Waals surface area (Å²) >= 11 is 0. The van der Waals surface area contributed by atoms with Crippen LogP contribution in [0.15, 0.2) is 0 Å². The number of rotatable bonds is 13. The van der Waals surface area contributed by atoms with E-state index in [4.69, 9.17) is 5.11 Å². The molecule has 0 atom stereocenters. The number of aliphatic hydroxyl groups is 2. The topological polar surface area (TPSA) is 71.2 Å². The molecule has 0 aromatic carbocycles. The van der Waals surface area contributed by atoms with Gasteiger partial charge in [0.05, 0.1) is 0 Å². The van der Waals surface area contributed by atoms with E-state index < -0.39 is 0 Å². The van der Waals surface area contributed by atoms with Gasteiger partial charge in [0.15, 0.2) is 11.6 Å². The number of aliphatic hydroxyl groups excluding tert-OH is 2. The summed E-state index contributed by atoms with van der Waals surface area (Å²) < 4.78 is 1.72. The quantitative estimate of drug-likeness (QED) is 0.549. The van der Waals surface area contributed by atoms with Gasteiger partial charge in [0.2, 0.25) is 0 Å². The number of hydrogen-bond acceptors (Lipinski definition) is 4. The van der Waals surface area contributed by atoms with E-state index in [0.717, 1.165) is 13.0 Å². The Morgan fingerprint density at radius 2 is 1.38 bits per heavy atom. The van der Waals surface area contributed by atoms with E-state index in [-0.39, 0.29) is 13.2 Å². The van der Waals surface area contributed by atoms with Gasteiger partial charge in [-0.3, -0.25) is 0 Å². The molecule has 0 fully saturated rings. The van der Waals surface area contributed by atoms with Crippen molar-refractivity contribution in [1.82, 2.24) is 14.8 Å². The Labute approximate surface area is 128 Å². The molecule has 1 heterocycles. The molecule has 0 spiro atoms. The first-order valence-corrected chi connectivity index (χ1v) is 8.46. The van der Waals surface area contributed by atoms with Gasteiger partial charge >= 0.3 is 0 Å². The molecule has 0 saturated heterocycles. The summed E-state index contributed by atoms with van der Waals surface area (Å²) in [5.74, 6) is 0.945. The average Bonchev–Trinajstić information content (AvgIpc) is 2.91. The van der Waals surface area contributed by atoms with Crippen LogP contribution in [0.5, 0.6) is 0 Å². The van der Waals surface area contributed by atoms with Gasteiger partial charge in [-0.25, -0.2) is 9.67 Å². The van der Waals surface area contributed by atoms with Gasteiger partial charge in [0.1, 0.15) is 13.2 Å². The van der Waals surface area contributed by atoms with Crippen LogP contribution in [0.1, 0.15) is 82.8 Å². The normalized spacial score (nSPS) is 11.2. The Kier molecular flexibility index (Phi) is 10.1. The highest BCUT2D eigenvalue weighted by Crippen LogP contribution is 2.11. The first-order chi connectivity index (χ1) is 10.3. The lowest BCUT2D eigenvalue weighted by Gasteiger charge is -2.04. The van der Waals surface area contributed by atoms with Gasteiger partial charge in [-0.1, -0.05) is 64.7 Å². The van der Waals surface area contributed by atoms with Crippen molar-refractivity contribution in [3.63, 3.8) is 0 Å². The molecule has 0 unspecified atom stereocenters. The summed E-state index contributed by atoms with van der Waals surface area (Å²) in [5.41, 5.74) is 0. The second-order valence-corrected chi connectivity index (χ2v) is 5.67. The minimum Gasteiger partial charge on any atom is -0.388 e. The molecule has 2 N–H and O–H groups in total. The largest absolute Gasteiger partial charge is 0.388 e. The lowest BCUT2D eigenvalue weighted by Crippen LogP contribution is -2.06. The van der Waals surface area contributed by atoms with Crippen molar-refractivity contribution in [1.29, 1.82) is 0 Å². The van der Waals surface area contributed by atoms with Crippen LogP contribution in [-0.2, 0) is 19.8 Å². The van der Waals surface area contributed by atoms with Crippen LogP contribution in [0.4, 0.5) is 0 Å². The van der Waals surface area contributed by atoms with Crippen molar-refractivity contribution in [2.24, 2.45) is 0 Å². The monoisotopic (exact) mass is 297 g/mol. The average molecular weight is 297 g/mol. The van der Waals surface area contributed by atoms with Crippen LogP contribution < -0.4 is 0 Å².